The first-order chi connectivity index (χ1) is 2.77. The molecular formula is C3H7IO2. The largest absolute Gasteiger partial charge is 0.371 e. The fraction of sp³-hybridized carbons (Fsp3) is 1.00. The van der Waals surface area contributed by atoms with Crippen molar-refractivity contribution >= 4 is 22.6 Å². The maximum absolute atomic E-state index is 8.01. The lowest BCUT2D eigenvalue weighted by Crippen LogP contribution is -1.97. The molecule has 1 unspecified atom stereocenters. The van der Waals surface area contributed by atoms with E-state index in [-0.39, 0.29) is 10.9 Å². The number of hydrogen-bond acceptors (Lipinski definition) is 2. The van der Waals surface area contributed by atoms with Crippen molar-refractivity contribution in [2.75, 3.05) is 6.79 Å². The molecule has 0 heterocycles. The summed E-state index contributed by atoms with van der Waals surface area (Å²) in [6, 6.07) is 0. The third-order valence-electron chi connectivity index (χ3n) is 0.304. The van der Waals surface area contributed by atoms with Crippen LogP contribution in [0.2, 0.25) is 0 Å². The molecule has 0 rings (SSSR count). The molecule has 0 amide bonds. The van der Waals surface area contributed by atoms with Gasteiger partial charge in [-0.15, -0.1) is 0 Å². The summed E-state index contributed by atoms with van der Waals surface area (Å²) < 4.78 is 4.70. The van der Waals surface area contributed by atoms with Gasteiger partial charge >= 0.3 is 0 Å². The maximum Gasteiger partial charge on any atom is 0.144 e. The molecule has 0 saturated heterocycles. The van der Waals surface area contributed by atoms with E-state index in [4.69, 9.17) is 5.11 Å². The Morgan fingerprint density at radius 2 is 2.50 bits per heavy atom. The van der Waals surface area contributed by atoms with Crippen LogP contribution in [0, 0.1) is 0 Å². The smallest absolute Gasteiger partial charge is 0.144 e. The van der Waals surface area contributed by atoms with E-state index >= 15 is 0 Å². The van der Waals surface area contributed by atoms with E-state index in [9.17, 15) is 0 Å². The van der Waals surface area contributed by atoms with Crippen molar-refractivity contribution < 1.29 is 9.84 Å². The van der Waals surface area contributed by atoms with E-state index in [1.165, 1.54) is 0 Å². The molecule has 0 aromatic rings. The standard InChI is InChI=1S/C3H7IO2/c1-3(4)6-2-5/h3,5H,2H2,1H3. The summed E-state index contributed by atoms with van der Waals surface area (Å²) in [5.41, 5.74) is 0. The van der Waals surface area contributed by atoms with Gasteiger partial charge in [0.15, 0.2) is 0 Å². The van der Waals surface area contributed by atoms with Gasteiger partial charge in [-0.25, -0.2) is 0 Å². The van der Waals surface area contributed by atoms with Crippen molar-refractivity contribution in [2.45, 2.75) is 11.0 Å². The lowest BCUT2D eigenvalue weighted by Gasteiger charge is -1.97. The molecule has 0 aromatic carbocycles. The molecular weight excluding hydrogens is 195 g/mol. The average molecular weight is 202 g/mol. The molecule has 0 aliphatic carbocycles. The molecule has 0 aromatic heterocycles. The van der Waals surface area contributed by atoms with E-state index in [2.05, 4.69) is 27.3 Å². The van der Waals surface area contributed by atoms with Gasteiger partial charge < -0.3 is 9.84 Å². The first-order valence-electron chi connectivity index (χ1n) is 1.64. The minimum Gasteiger partial charge on any atom is -0.371 e. The van der Waals surface area contributed by atoms with Crippen LogP contribution in [-0.2, 0) is 4.74 Å². The number of aliphatic hydroxyl groups excluding tert-OH is 1. The minimum absolute atomic E-state index is 0.118. The zero-order valence-electron chi connectivity index (χ0n) is 3.52. The van der Waals surface area contributed by atoms with Gasteiger partial charge in [0.05, 0.1) is 0 Å². The second-order valence-electron chi connectivity index (χ2n) is 0.839. The summed E-state index contributed by atoms with van der Waals surface area (Å²) in [6.07, 6.45) is 0. The third kappa shape index (κ3) is 4.65. The highest BCUT2D eigenvalue weighted by atomic mass is 127. The van der Waals surface area contributed by atoms with E-state index in [0.717, 1.165) is 0 Å². The van der Waals surface area contributed by atoms with Crippen molar-refractivity contribution in [1.29, 1.82) is 0 Å². The first kappa shape index (κ1) is 6.65. The molecule has 3 heteroatoms. The van der Waals surface area contributed by atoms with Gasteiger partial charge in [0.1, 0.15) is 10.9 Å². The molecule has 0 fully saturated rings. The van der Waals surface area contributed by atoms with Gasteiger partial charge in [0.25, 0.3) is 0 Å². The summed E-state index contributed by atoms with van der Waals surface area (Å²) in [6.45, 7) is 1.68. The number of rotatable bonds is 2. The summed E-state index contributed by atoms with van der Waals surface area (Å²) >= 11 is 2.06. The summed E-state index contributed by atoms with van der Waals surface area (Å²) in [7, 11) is 0. The van der Waals surface area contributed by atoms with Crippen LogP contribution in [0.4, 0.5) is 0 Å². The molecule has 38 valence electrons. The Morgan fingerprint density at radius 1 is 2.00 bits per heavy atom. The first-order valence-corrected chi connectivity index (χ1v) is 2.88. The van der Waals surface area contributed by atoms with Crippen LogP contribution in [0.15, 0.2) is 0 Å². The van der Waals surface area contributed by atoms with Gasteiger partial charge in [-0.2, -0.15) is 0 Å². The Balaban J connectivity index is 2.63. The SMILES string of the molecule is CC(I)OCO. The van der Waals surface area contributed by atoms with E-state index in [1.54, 1.807) is 0 Å². The molecule has 1 N–H and O–H groups in total. The average Bonchev–Trinajstić information content (AvgIpc) is 1.35. The Kier molecular flexibility index (Phi) is 4.24. The lowest BCUT2D eigenvalue weighted by molar-refractivity contribution is -0.00231. The number of halogens is 1. The zero-order valence-corrected chi connectivity index (χ0v) is 5.68. The Hall–Kier alpha value is 0.650. The third-order valence-corrected chi connectivity index (χ3v) is 0.664. The normalized spacial score (nSPS) is 14.5. The van der Waals surface area contributed by atoms with E-state index in [0.29, 0.717) is 0 Å². The second kappa shape index (κ2) is 3.83. The van der Waals surface area contributed by atoms with Crippen LogP contribution >= 0.6 is 22.6 Å². The highest BCUT2D eigenvalue weighted by molar-refractivity contribution is 14.1. The molecule has 0 aliphatic rings. The van der Waals surface area contributed by atoms with Crippen molar-refractivity contribution in [2.24, 2.45) is 0 Å². The predicted molar refractivity (Wildman–Crippen MR) is 31.7 cm³/mol. The van der Waals surface area contributed by atoms with E-state index in [1.807, 2.05) is 6.92 Å². The molecule has 6 heavy (non-hydrogen) atoms. The Bertz CT molecular complexity index is 30.0. The van der Waals surface area contributed by atoms with Gasteiger partial charge in [-0.3, -0.25) is 0 Å². The summed E-state index contributed by atoms with van der Waals surface area (Å²) in [5, 5.41) is 8.01. The quantitative estimate of drug-likeness (QED) is 0.406. The second-order valence-corrected chi connectivity index (χ2v) is 2.59. The van der Waals surface area contributed by atoms with Crippen molar-refractivity contribution in [3.63, 3.8) is 0 Å². The maximum atomic E-state index is 8.01. The van der Waals surface area contributed by atoms with Crippen molar-refractivity contribution in [3.8, 4) is 0 Å². The molecule has 0 aliphatic heterocycles. The molecule has 0 radical (unpaired) electrons. The fourth-order valence-electron chi connectivity index (χ4n) is 0.103. The number of hydrogen-bond donors (Lipinski definition) is 1. The fourth-order valence-corrected chi connectivity index (χ4v) is 0.264. The summed E-state index contributed by atoms with van der Waals surface area (Å²) in [4.78, 5) is 0. The monoisotopic (exact) mass is 202 g/mol. The molecule has 0 bridgehead atoms. The molecule has 0 saturated carbocycles. The van der Waals surface area contributed by atoms with Gasteiger partial charge in [-0.05, 0) is 6.92 Å². The number of alkyl halides is 1. The van der Waals surface area contributed by atoms with Gasteiger partial charge in [0.2, 0.25) is 0 Å². The minimum atomic E-state index is -0.176. The van der Waals surface area contributed by atoms with Gasteiger partial charge in [-0.1, -0.05) is 22.6 Å². The van der Waals surface area contributed by atoms with Crippen LogP contribution in [0.3, 0.4) is 0 Å². The highest BCUT2D eigenvalue weighted by Gasteiger charge is 1.87. The van der Waals surface area contributed by atoms with Crippen LogP contribution < -0.4 is 0 Å². The molecule has 0 spiro atoms. The number of aliphatic hydroxyl groups is 1. The molecule has 2 nitrogen and oxygen atoms in total. The Morgan fingerprint density at radius 3 is 2.50 bits per heavy atom. The lowest BCUT2D eigenvalue weighted by atomic mass is 10.9. The summed E-state index contributed by atoms with van der Waals surface area (Å²) in [5.74, 6) is 0. The zero-order chi connectivity index (χ0) is 4.99. The predicted octanol–water partition coefficient (Wildman–Crippen LogP) is 0.734. The van der Waals surface area contributed by atoms with Crippen molar-refractivity contribution in [1.82, 2.24) is 0 Å². The van der Waals surface area contributed by atoms with Crippen LogP contribution in [0.1, 0.15) is 6.92 Å². The van der Waals surface area contributed by atoms with E-state index < -0.39 is 0 Å². The molecule has 1 atom stereocenters. The van der Waals surface area contributed by atoms with Crippen LogP contribution in [0.5, 0.6) is 0 Å². The van der Waals surface area contributed by atoms with Crippen LogP contribution in [0.25, 0.3) is 0 Å². The van der Waals surface area contributed by atoms with Crippen LogP contribution in [-0.4, -0.2) is 16.0 Å². The number of ether oxygens (including phenoxy) is 1. The van der Waals surface area contributed by atoms with Gasteiger partial charge in [0, 0.05) is 0 Å². The van der Waals surface area contributed by atoms with Crippen molar-refractivity contribution in [3.05, 3.63) is 0 Å². The Labute approximate surface area is 50.6 Å². The topological polar surface area (TPSA) is 29.5 Å². The highest BCUT2D eigenvalue weighted by Crippen LogP contribution is 1.96.